The molecule has 0 aliphatic carbocycles. The van der Waals surface area contributed by atoms with E-state index in [1.165, 1.54) is 0 Å². The van der Waals surface area contributed by atoms with Crippen molar-refractivity contribution in [2.75, 3.05) is 6.54 Å². The normalized spacial score (nSPS) is 17.1. The summed E-state index contributed by atoms with van der Waals surface area (Å²) in [6, 6.07) is 0. The lowest BCUT2D eigenvalue weighted by Crippen LogP contribution is -2.27. The molecule has 1 aliphatic heterocycles. The molecule has 1 heterocycles. The fourth-order valence-electron chi connectivity index (χ4n) is 1.25. The van der Waals surface area contributed by atoms with Crippen molar-refractivity contribution in [3.05, 3.63) is 12.3 Å². The Labute approximate surface area is 74.2 Å². The summed E-state index contributed by atoms with van der Waals surface area (Å²) in [5.41, 5.74) is 0.105. The molecule has 0 atom stereocenters. The highest BCUT2D eigenvalue weighted by Gasteiger charge is 2.20. The van der Waals surface area contributed by atoms with E-state index in [-0.39, 0.29) is 11.3 Å². The average Bonchev–Trinajstić information content (AvgIpc) is 2.32. The van der Waals surface area contributed by atoms with Crippen molar-refractivity contribution in [3.8, 4) is 0 Å². The first-order valence-electron chi connectivity index (χ1n) is 4.45. The molecule has 0 N–H and O–H groups in total. The van der Waals surface area contributed by atoms with E-state index in [2.05, 4.69) is 20.8 Å². The lowest BCUT2D eigenvalue weighted by Gasteiger charge is -2.21. The predicted octanol–water partition coefficient (Wildman–Crippen LogP) is 2.17. The molecule has 0 radical (unpaired) electrons. The minimum absolute atomic E-state index is 0.105. The zero-order valence-electron chi connectivity index (χ0n) is 8.13. The number of amides is 1. The second-order valence-corrected chi connectivity index (χ2v) is 4.50. The first kappa shape index (κ1) is 9.30. The Morgan fingerprint density at radius 2 is 2.17 bits per heavy atom. The number of rotatable bonds is 1. The van der Waals surface area contributed by atoms with Crippen molar-refractivity contribution in [2.24, 2.45) is 5.41 Å². The van der Waals surface area contributed by atoms with Gasteiger partial charge in [-0.05, 0) is 11.8 Å². The number of nitrogens with zero attached hydrogens (tertiary/aromatic N) is 1. The van der Waals surface area contributed by atoms with Crippen LogP contribution in [-0.2, 0) is 4.79 Å². The van der Waals surface area contributed by atoms with Gasteiger partial charge in [0.2, 0.25) is 5.91 Å². The molecule has 0 fully saturated rings. The summed E-state index contributed by atoms with van der Waals surface area (Å²) < 4.78 is 0. The van der Waals surface area contributed by atoms with E-state index in [0.29, 0.717) is 6.42 Å². The molecule has 0 aromatic heterocycles. The second-order valence-electron chi connectivity index (χ2n) is 4.50. The lowest BCUT2D eigenvalue weighted by molar-refractivity contribution is -0.130. The molecule has 2 nitrogen and oxygen atoms in total. The van der Waals surface area contributed by atoms with E-state index in [4.69, 9.17) is 0 Å². The van der Waals surface area contributed by atoms with E-state index in [0.717, 1.165) is 13.0 Å². The molecule has 0 aromatic rings. The molecule has 12 heavy (non-hydrogen) atoms. The van der Waals surface area contributed by atoms with Crippen LogP contribution in [0.1, 0.15) is 33.6 Å². The van der Waals surface area contributed by atoms with Crippen LogP contribution in [0.3, 0.4) is 0 Å². The van der Waals surface area contributed by atoms with Crippen LogP contribution >= 0.6 is 0 Å². The largest absolute Gasteiger partial charge is 0.319 e. The monoisotopic (exact) mass is 167 g/mol. The first-order valence-corrected chi connectivity index (χ1v) is 4.45. The molecule has 1 aliphatic rings. The van der Waals surface area contributed by atoms with Gasteiger partial charge in [-0.2, -0.15) is 0 Å². The molecule has 0 spiro atoms. The second kappa shape index (κ2) is 3.30. The van der Waals surface area contributed by atoms with E-state index in [1.54, 1.807) is 0 Å². The molecule has 0 unspecified atom stereocenters. The average molecular weight is 167 g/mol. The SMILES string of the molecule is CC(C)(C)CC(=O)N1C=CCC1. The zero-order valence-corrected chi connectivity index (χ0v) is 8.13. The molecule has 0 saturated carbocycles. The van der Waals surface area contributed by atoms with Crippen molar-refractivity contribution >= 4 is 5.91 Å². The maximum absolute atomic E-state index is 11.5. The van der Waals surface area contributed by atoms with Crippen LogP contribution in [0, 0.1) is 5.41 Å². The van der Waals surface area contributed by atoms with Gasteiger partial charge in [0.1, 0.15) is 0 Å². The van der Waals surface area contributed by atoms with Gasteiger partial charge in [-0.1, -0.05) is 26.8 Å². The Morgan fingerprint density at radius 1 is 1.50 bits per heavy atom. The van der Waals surface area contributed by atoms with Gasteiger partial charge in [0.25, 0.3) is 0 Å². The van der Waals surface area contributed by atoms with Crippen LogP contribution in [0.5, 0.6) is 0 Å². The van der Waals surface area contributed by atoms with Crippen LogP contribution in [0.25, 0.3) is 0 Å². The van der Waals surface area contributed by atoms with Crippen molar-refractivity contribution in [3.63, 3.8) is 0 Å². The van der Waals surface area contributed by atoms with Gasteiger partial charge in [0.05, 0.1) is 0 Å². The summed E-state index contributed by atoms with van der Waals surface area (Å²) in [7, 11) is 0. The van der Waals surface area contributed by atoms with Crippen LogP contribution in [0.2, 0.25) is 0 Å². The summed E-state index contributed by atoms with van der Waals surface area (Å²) in [4.78, 5) is 13.3. The van der Waals surface area contributed by atoms with Gasteiger partial charge in [0, 0.05) is 19.2 Å². The van der Waals surface area contributed by atoms with Crippen LogP contribution in [-0.4, -0.2) is 17.4 Å². The Morgan fingerprint density at radius 3 is 2.58 bits per heavy atom. The highest BCUT2D eigenvalue weighted by molar-refractivity contribution is 5.78. The zero-order chi connectivity index (χ0) is 9.19. The molecule has 1 rings (SSSR count). The Kier molecular flexibility index (Phi) is 2.55. The number of hydrogen-bond donors (Lipinski definition) is 0. The van der Waals surface area contributed by atoms with Gasteiger partial charge in [0.15, 0.2) is 0 Å². The minimum Gasteiger partial charge on any atom is -0.319 e. The fourth-order valence-corrected chi connectivity index (χ4v) is 1.25. The van der Waals surface area contributed by atoms with Gasteiger partial charge < -0.3 is 4.90 Å². The summed E-state index contributed by atoms with van der Waals surface area (Å²) in [5.74, 6) is 0.247. The molecule has 0 bridgehead atoms. The fraction of sp³-hybridized carbons (Fsp3) is 0.700. The van der Waals surface area contributed by atoms with Crippen molar-refractivity contribution in [2.45, 2.75) is 33.6 Å². The van der Waals surface area contributed by atoms with Gasteiger partial charge in [-0.3, -0.25) is 4.79 Å². The molecular weight excluding hydrogens is 150 g/mol. The minimum atomic E-state index is 0.105. The quantitative estimate of drug-likeness (QED) is 0.586. The maximum atomic E-state index is 11.5. The number of carbonyl (C=O) groups excluding carboxylic acids is 1. The topological polar surface area (TPSA) is 20.3 Å². The molecule has 2 heteroatoms. The molecule has 0 aromatic carbocycles. The maximum Gasteiger partial charge on any atom is 0.227 e. The summed E-state index contributed by atoms with van der Waals surface area (Å²) in [6.07, 6.45) is 5.59. The lowest BCUT2D eigenvalue weighted by atomic mass is 9.92. The third-order valence-electron chi connectivity index (χ3n) is 1.82. The smallest absolute Gasteiger partial charge is 0.227 e. The third kappa shape index (κ3) is 2.68. The highest BCUT2D eigenvalue weighted by Crippen LogP contribution is 2.20. The van der Waals surface area contributed by atoms with Gasteiger partial charge in [-0.15, -0.1) is 0 Å². The number of carbonyl (C=O) groups is 1. The third-order valence-corrected chi connectivity index (χ3v) is 1.82. The van der Waals surface area contributed by atoms with E-state index >= 15 is 0 Å². The number of hydrogen-bond acceptors (Lipinski definition) is 1. The Balaban J connectivity index is 2.43. The molecule has 68 valence electrons. The highest BCUT2D eigenvalue weighted by atomic mass is 16.2. The summed E-state index contributed by atoms with van der Waals surface area (Å²) >= 11 is 0. The summed E-state index contributed by atoms with van der Waals surface area (Å²) in [5, 5.41) is 0. The molecular formula is C10H17NO. The Bertz CT molecular complexity index is 200. The van der Waals surface area contributed by atoms with Crippen molar-refractivity contribution in [1.29, 1.82) is 0 Å². The predicted molar refractivity (Wildman–Crippen MR) is 49.5 cm³/mol. The van der Waals surface area contributed by atoms with E-state index < -0.39 is 0 Å². The van der Waals surface area contributed by atoms with E-state index in [9.17, 15) is 4.79 Å². The van der Waals surface area contributed by atoms with Crippen LogP contribution in [0.4, 0.5) is 0 Å². The molecule has 1 amide bonds. The standard InChI is InChI=1S/C10H17NO/c1-10(2,3)8-9(12)11-6-4-5-7-11/h4,6H,5,7-8H2,1-3H3. The van der Waals surface area contributed by atoms with Crippen molar-refractivity contribution in [1.82, 2.24) is 4.90 Å². The first-order chi connectivity index (χ1) is 5.49. The van der Waals surface area contributed by atoms with E-state index in [1.807, 2.05) is 17.2 Å². The summed E-state index contributed by atoms with van der Waals surface area (Å²) in [6.45, 7) is 7.13. The van der Waals surface area contributed by atoms with Crippen molar-refractivity contribution < 1.29 is 4.79 Å². The van der Waals surface area contributed by atoms with Gasteiger partial charge in [-0.25, -0.2) is 0 Å². The van der Waals surface area contributed by atoms with Crippen LogP contribution < -0.4 is 0 Å². The Hall–Kier alpha value is -0.790. The molecule has 0 saturated heterocycles. The van der Waals surface area contributed by atoms with Gasteiger partial charge >= 0.3 is 0 Å². The van der Waals surface area contributed by atoms with Crippen LogP contribution in [0.15, 0.2) is 12.3 Å².